The van der Waals surface area contributed by atoms with Crippen LogP contribution in [0.3, 0.4) is 0 Å². The van der Waals surface area contributed by atoms with Crippen LogP contribution in [-0.4, -0.2) is 30.4 Å². The summed E-state index contributed by atoms with van der Waals surface area (Å²) < 4.78 is 1.65. The first-order valence-electron chi connectivity index (χ1n) is 7.81. The molecule has 9 heteroatoms. The van der Waals surface area contributed by atoms with Crippen LogP contribution in [0.4, 0.5) is 5.13 Å². The number of hydrogen-bond acceptors (Lipinski definition) is 7. The third-order valence-corrected chi connectivity index (χ3v) is 4.43. The van der Waals surface area contributed by atoms with Gasteiger partial charge in [0, 0.05) is 17.8 Å². The highest BCUT2D eigenvalue weighted by atomic mass is 32.1. The number of imidazole rings is 1. The summed E-state index contributed by atoms with van der Waals surface area (Å²) in [6.45, 7) is 0. The van der Waals surface area contributed by atoms with Gasteiger partial charge in [-0.1, -0.05) is 0 Å². The number of thiazole rings is 1. The average Bonchev–Trinajstić information content (AvgIpc) is 3.38. The molecule has 0 aliphatic rings. The maximum Gasteiger partial charge on any atom is 0.276 e. The molecule has 8 nitrogen and oxygen atoms in total. The molecule has 1 N–H and O–H groups in total. The molecule has 0 spiro atoms. The van der Waals surface area contributed by atoms with Crippen molar-refractivity contribution < 1.29 is 4.79 Å². The Morgan fingerprint density at radius 3 is 2.93 bits per heavy atom. The lowest BCUT2D eigenvalue weighted by Gasteiger charge is -2.06. The molecule has 130 valence electrons. The van der Waals surface area contributed by atoms with Gasteiger partial charge in [0.15, 0.2) is 5.13 Å². The molecule has 0 radical (unpaired) electrons. The quantitative estimate of drug-likeness (QED) is 0.589. The summed E-state index contributed by atoms with van der Waals surface area (Å²) in [7, 11) is 0. The van der Waals surface area contributed by atoms with Crippen LogP contribution in [0.15, 0.2) is 60.8 Å². The van der Waals surface area contributed by atoms with Crippen molar-refractivity contribution in [3.05, 3.63) is 72.0 Å². The second kappa shape index (κ2) is 7.15. The van der Waals surface area contributed by atoms with E-state index < -0.39 is 0 Å². The first-order valence-corrected chi connectivity index (χ1v) is 8.69. The molecular weight excluding hydrogens is 362 g/mol. The number of carbonyl (C=O) groups excluding carboxylic acids is 1. The lowest BCUT2D eigenvalue weighted by molar-refractivity contribution is 0.102. The Hall–Kier alpha value is -3.90. The molecule has 0 unspecified atom stereocenters. The van der Waals surface area contributed by atoms with E-state index in [-0.39, 0.29) is 5.91 Å². The molecule has 0 aliphatic carbocycles. The van der Waals surface area contributed by atoms with Crippen LogP contribution in [0.1, 0.15) is 16.1 Å². The Morgan fingerprint density at radius 1 is 1.19 bits per heavy atom. The lowest BCUT2D eigenvalue weighted by Crippen LogP contribution is -2.16. The summed E-state index contributed by atoms with van der Waals surface area (Å²) in [6, 6.07) is 8.96. The van der Waals surface area contributed by atoms with Crippen molar-refractivity contribution in [1.29, 1.82) is 5.26 Å². The van der Waals surface area contributed by atoms with E-state index in [1.165, 1.54) is 17.5 Å². The summed E-state index contributed by atoms with van der Waals surface area (Å²) in [5.41, 5.74) is 2.76. The van der Waals surface area contributed by atoms with E-state index in [4.69, 9.17) is 5.26 Å². The van der Waals surface area contributed by atoms with Crippen molar-refractivity contribution in [2.45, 2.75) is 0 Å². The molecule has 0 saturated carbocycles. The van der Waals surface area contributed by atoms with Gasteiger partial charge in [-0.05, 0) is 24.3 Å². The van der Waals surface area contributed by atoms with E-state index in [2.05, 4.69) is 31.3 Å². The van der Waals surface area contributed by atoms with Crippen LogP contribution < -0.4 is 5.32 Å². The van der Waals surface area contributed by atoms with Crippen LogP contribution >= 0.6 is 11.3 Å². The fraction of sp³-hybridized carbons (Fsp3) is 0. The maximum absolute atomic E-state index is 12.6. The van der Waals surface area contributed by atoms with E-state index in [0.717, 1.165) is 5.69 Å². The first-order chi connectivity index (χ1) is 13.2. The second-order valence-corrected chi connectivity index (χ2v) is 6.25. The zero-order chi connectivity index (χ0) is 18.6. The summed E-state index contributed by atoms with van der Waals surface area (Å²) in [4.78, 5) is 29.3. The zero-order valence-electron chi connectivity index (χ0n) is 13.8. The number of aromatic nitrogens is 5. The number of nitrogens with one attached hydrogen (secondary N) is 1. The van der Waals surface area contributed by atoms with Gasteiger partial charge in [-0.15, -0.1) is 11.3 Å². The average molecular weight is 373 g/mol. The standard InChI is InChI=1S/C18H11N7OS/c19-7-12-3-5-22-14(6-12)15-10-27-18(23-15)24-17(26)16-9-21-11-25(16)13-2-1-4-20-8-13/h1-6,8-11H,(H,23,24,26). The zero-order valence-corrected chi connectivity index (χ0v) is 14.6. The molecule has 1 amide bonds. The molecule has 0 atom stereocenters. The SMILES string of the molecule is N#Cc1ccnc(-c2csc(NC(=O)c3cncn3-c3cccnc3)n2)c1. The number of amides is 1. The van der Waals surface area contributed by atoms with Crippen molar-refractivity contribution >= 4 is 22.4 Å². The molecule has 0 aromatic carbocycles. The predicted molar refractivity (Wildman–Crippen MR) is 99.4 cm³/mol. The van der Waals surface area contributed by atoms with E-state index in [9.17, 15) is 4.79 Å². The highest BCUT2D eigenvalue weighted by molar-refractivity contribution is 7.14. The van der Waals surface area contributed by atoms with E-state index in [0.29, 0.717) is 27.8 Å². The lowest BCUT2D eigenvalue weighted by atomic mass is 10.2. The highest BCUT2D eigenvalue weighted by Gasteiger charge is 2.15. The second-order valence-electron chi connectivity index (χ2n) is 5.39. The summed E-state index contributed by atoms with van der Waals surface area (Å²) in [5, 5.41) is 14.0. The fourth-order valence-corrected chi connectivity index (χ4v) is 3.11. The van der Waals surface area contributed by atoms with Crippen molar-refractivity contribution in [2.24, 2.45) is 0 Å². The maximum atomic E-state index is 12.6. The number of pyridine rings is 2. The number of nitrogens with zero attached hydrogens (tertiary/aromatic N) is 6. The molecular formula is C18H11N7OS. The third kappa shape index (κ3) is 3.42. The molecule has 4 rings (SSSR count). The van der Waals surface area contributed by atoms with Crippen LogP contribution in [0, 0.1) is 11.3 Å². The summed E-state index contributed by atoms with van der Waals surface area (Å²) >= 11 is 1.28. The van der Waals surface area contributed by atoms with Gasteiger partial charge in [-0.3, -0.25) is 24.6 Å². The van der Waals surface area contributed by atoms with Crippen molar-refractivity contribution in [1.82, 2.24) is 24.5 Å². The Labute approximate surface area is 157 Å². The largest absolute Gasteiger partial charge is 0.296 e. The van der Waals surface area contributed by atoms with Gasteiger partial charge in [-0.2, -0.15) is 5.26 Å². The van der Waals surface area contributed by atoms with Gasteiger partial charge >= 0.3 is 0 Å². The molecule has 0 aliphatic heterocycles. The monoisotopic (exact) mass is 373 g/mol. The first kappa shape index (κ1) is 16.6. The molecule has 4 heterocycles. The van der Waals surface area contributed by atoms with E-state index in [1.54, 1.807) is 53.1 Å². The molecule has 0 saturated heterocycles. The summed E-state index contributed by atoms with van der Waals surface area (Å²) in [5.74, 6) is -0.337. The molecule has 27 heavy (non-hydrogen) atoms. The summed E-state index contributed by atoms with van der Waals surface area (Å²) in [6.07, 6.45) is 7.89. The van der Waals surface area contributed by atoms with Gasteiger partial charge in [0.1, 0.15) is 11.4 Å². The molecule has 4 aromatic heterocycles. The van der Waals surface area contributed by atoms with Crippen LogP contribution in [0.25, 0.3) is 17.1 Å². The van der Waals surface area contributed by atoms with Crippen molar-refractivity contribution in [3.8, 4) is 23.1 Å². The van der Waals surface area contributed by atoms with E-state index >= 15 is 0 Å². The topological polar surface area (TPSA) is 109 Å². The van der Waals surface area contributed by atoms with Crippen molar-refractivity contribution in [3.63, 3.8) is 0 Å². The van der Waals surface area contributed by atoms with Crippen LogP contribution in [0.5, 0.6) is 0 Å². The van der Waals surface area contributed by atoms with Gasteiger partial charge in [0.25, 0.3) is 5.91 Å². The minimum atomic E-state index is -0.337. The van der Waals surface area contributed by atoms with Crippen LogP contribution in [0.2, 0.25) is 0 Å². The molecule has 0 bridgehead atoms. The fourth-order valence-electron chi connectivity index (χ4n) is 2.42. The van der Waals surface area contributed by atoms with Gasteiger partial charge in [0.2, 0.25) is 0 Å². The molecule has 0 fully saturated rings. The number of hydrogen-bond donors (Lipinski definition) is 1. The minimum Gasteiger partial charge on any atom is -0.296 e. The Morgan fingerprint density at radius 2 is 2.11 bits per heavy atom. The Balaban J connectivity index is 1.56. The normalized spacial score (nSPS) is 10.3. The predicted octanol–water partition coefficient (Wildman–Crippen LogP) is 2.91. The third-order valence-electron chi connectivity index (χ3n) is 3.67. The smallest absolute Gasteiger partial charge is 0.276 e. The number of anilines is 1. The highest BCUT2D eigenvalue weighted by Crippen LogP contribution is 2.24. The van der Waals surface area contributed by atoms with Gasteiger partial charge < -0.3 is 0 Å². The number of rotatable bonds is 4. The molecule has 4 aromatic rings. The van der Waals surface area contributed by atoms with Gasteiger partial charge in [0.05, 0.1) is 41.7 Å². The Kier molecular flexibility index (Phi) is 4.38. The minimum absolute atomic E-state index is 0.337. The van der Waals surface area contributed by atoms with Crippen molar-refractivity contribution in [2.75, 3.05) is 5.32 Å². The number of carbonyl (C=O) groups is 1. The Bertz CT molecular complexity index is 1140. The van der Waals surface area contributed by atoms with E-state index in [1.807, 2.05) is 6.07 Å². The van der Waals surface area contributed by atoms with Gasteiger partial charge in [-0.25, -0.2) is 9.97 Å². The number of nitriles is 1. The van der Waals surface area contributed by atoms with Crippen LogP contribution in [-0.2, 0) is 0 Å².